The van der Waals surface area contributed by atoms with Crippen molar-refractivity contribution in [2.75, 3.05) is 11.9 Å². The van der Waals surface area contributed by atoms with Crippen molar-refractivity contribution in [3.8, 4) is 0 Å². The molecule has 1 amide bonds. The lowest BCUT2D eigenvalue weighted by Gasteiger charge is -2.36. The third-order valence-electron chi connectivity index (χ3n) is 6.33. The normalized spacial score (nSPS) is 15.8. The number of nitro benzene ring substituents is 1. The van der Waals surface area contributed by atoms with Gasteiger partial charge in [-0.05, 0) is 49.1 Å². The number of ether oxygens (including phenoxy) is 1. The van der Waals surface area contributed by atoms with Crippen LogP contribution in [0.15, 0.2) is 24.3 Å². The average molecular weight is 445 g/mol. The molecule has 0 fully saturated rings. The van der Waals surface area contributed by atoms with Crippen molar-refractivity contribution in [2.45, 2.75) is 53.4 Å². The number of benzene rings is 1. The first kappa shape index (κ1) is 22.9. The lowest BCUT2D eigenvalue weighted by atomic mass is 9.69. The molecule has 2 aromatic rings. The number of esters is 1. The Kier molecular flexibility index (Phi) is 6.79. The molecule has 1 N–H and O–H groups in total. The molecule has 166 valence electrons. The van der Waals surface area contributed by atoms with E-state index in [4.69, 9.17) is 4.74 Å². The van der Waals surface area contributed by atoms with Gasteiger partial charge < -0.3 is 10.1 Å². The molecule has 1 aromatic carbocycles. The lowest BCUT2D eigenvalue weighted by Crippen LogP contribution is -2.28. The van der Waals surface area contributed by atoms with Crippen LogP contribution in [0.1, 0.15) is 71.7 Å². The Morgan fingerprint density at radius 3 is 2.65 bits per heavy atom. The van der Waals surface area contributed by atoms with Gasteiger partial charge in [0.15, 0.2) is 0 Å². The molecule has 0 bridgehead atoms. The number of rotatable bonds is 7. The molecule has 0 saturated heterocycles. The fourth-order valence-electron chi connectivity index (χ4n) is 4.04. The van der Waals surface area contributed by atoms with Gasteiger partial charge >= 0.3 is 5.97 Å². The molecule has 0 saturated carbocycles. The van der Waals surface area contributed by atoms with Gasteiger partial charge in [0.25, 0.3) is 11.6 Å². The molecule has 0 aliphatic heterocycles. The SMILES string of the molecule is CCOC(=O)c1c(NC(=O)c2ccccc2[N+](=O)[O-])sc2c1CCC(C(C)(C)CC)C2. The van der Waals surface area contributed by atoms with E-state index in [9.17, 15) is 19.7 Å². The minimum absolute atomic E-state index is 0.0429. The Balaban J connectivity index is 1.98. The maximum atomic E-state index is 12.9. The van der Waals surface area contributed by atoms with Crippen molar-refractivity contribution in [3.63, 3.8) is 0 Å². The molecular weight excluding hydrogens is 416 g/mol. The summed E-state index contributed by atoms with van der Waals surface area (Å²) in [4.78, 5) is 37.5. The summed E-state index contributed by atoms with van der Waals surface area (Å²) in [5, 5.41) is 14.5. The predicted molar refractivity (Wildman–Crippen MR) is 121 cm³/mol. The van der Waals surface area contributed by atoms with Crippen LogP contribution in [-0.2, 0) is 17.6 Å². The number of fused-ring (bicyclic) bond motifs is 1. The summed E-state index contributed by atoms with van der Waals surface area (Å²) in [6, 6.07) is 5.78. The number of nitrogens with one attached hydrogen (secondary N) is 1. The minimum atomic E-state index is -0.609. The zero-order valence-electron chi connectivity index (χ0n) is 18.3. The van der Waals surface area contributed by atoms with E-state index in [1.165, 1.54) is 29.5 Å². The van der Waals surface area contributed by atoms with Crippen LogP contribution in [0.3, 0.4) is 0 Å². The second-order valence-corrected chi connectivity index (χ2v) is 9.54. The maximum absolute atomic E-state index is 12.9. The first-order chi connectivity index (χ1) is 14.7. The van der Waals surface area contributed by atoms with Crippen LogP contribution in [0.2, 0.25) is 0 Å². The molecule has 1 aromatic heterocycles. The van der Waals surface area contributed by atoms with Crippen LogP contribution in [-0.4, -0.2) is 23.4 Å². The molecule has 1 unspecified atom stereocenters. The highest BCUT2D eigenvalue weighted by Crippen LogP contribution is 2.45. The smallest absolute Gasteiger partial charge is 0.341 e. The number of carbonyl (C=O) groups is 2. The molecule has 1 heterocycles. The van der Waals surface area contributed by atoms with Crippen LogP contribution in [0.4, 0.5) is 10.7 Å². The van der Waals surface area contributed by atoms with Gasteiger partial charge in [0.05, 0.1) is 17.1 Å². The Bertz CT molecular complexity index is 1010. The van der Waals surface area contributed by atoms with Crippen molar-refractivity contribution in [1.82, 2.24) is 0 Å². The van der Waals surface area contributed by atoms with Crippen molar-refractivity contribution in [2.24, 2.45) is 11.3 Å². The van der Waals surface area contributed by atoms with Crippen molar-refractivity contribution in [3.05, 3.63) is 55.9 Å². The number of thiophene rings is 1. The lowest BCUT2D eigenvalue weighted by molar-refractivity contribution is -0.385. The summed E-state index contributed by atoms with van der Waals surface area (Å²) in [7, 11) is 0. The van der Waals surface area contributed by atoms with Crippen molar-refractivity contribution in [1.29, 1.82) is 0 Å². The van der Waals surface area contributed by atoms with Crippen LogP contribution in [0, 0.1) is 21.4 Å². The van der Waals surface area contributed by atoms with Gasteiger partial charge in [-0.25, -0.2) is 4.79 Å². The zero-order chi connectivity index (χ0) is 22.8. The Hall–Kier alpha value is -2.74. The molecule has 0 radical (unpaired) electrons. The number of para-hydroxylation sites is 1. The van der Waals surface area contributed by atoms with E-state index in [1.54, 1.807) is 13.0 Å². The summed E-state index contributed by atoms with van der Waals surface area (Å²) in [5.74, 6) is -0.592. The van der Waals surface area contributed by atoms with Gasteiger partial charge in [-0.3, -0.25) is 14.9 Å². The number of hydrogen-bond acceptors (Lipinski definition) is 6. The van der Waals surface area contributed by atoms with E-state index in [1.807, 2.05) is 0 Å². The summed E-state index contributed by atoms with van der Waals surface area (Å²) < 4.78 is 5.27. The third-order valence-corrected chi connectivity index (χ3v) is 7.50. The van der Waals surface area contributed by atoms with Crippen molar-refractivity contribution >= 4 is 33.9 Å². The number of nitrogens with zero attached hydrogens (tertiary/aromatic N) is 1. The monoisotopic (exact) mass is 444 g/mol. The van der Waals surface area contributed by atoms with Gasteiger partial charge in [-0.2, -0.15) is 0 Å². The second-order valence-electron chi connectivity index (χ2n) is 8.44. The standard InChI is InChI=1S/C23H28N2O5S/c1-5-23(3,4)14-11-12-16-18(13-14)31-21(19(16)22(27)30-6-2)24-20(26)15-9-7-8-10-17(15)25(28)29/h7-10,14H,5-6,11-13H2,1-4H3,(H,24,26). The van der Waals surface area contributed by atoms with Gasteiger partial charge in [-0.15, -0.1) is 11.3 Å². The Morgan fingerprint density at radius 2 is 2.00 bits per heavy atom. The fourth-order valence-corrected chi connectivity index (χ4v) is 5.35. The summed E-state index contributed by atoms with van der Waals surface area (Å²) >= 11 is 1.38. The van der Waals surface area contributed by atoms with E-state index < -0.39 is 16.8 Å². The Labute approximate surface area is 186 Å². The van der Waals surface area contributed by atoms with Gasteiger partial charge in [0.2, 0.25) is 0 Å². The predicted octanol–water partition coefficient (Wildman–Crippen LogP) is 5.63. The van der Waals surface area contributed by atoms with Crippen LogP contribution in [0.25, 0.3) is 0 Å². The third kappa shape index (κ3) is 4.63. The highest BCUT2D eigenvalue weighted by atomic mass is 32.1. The van der Waals surface area contributed by atoms with Crippen molar-refractivity contribution < 1.29 is 19.2 Å². The van der Waals surface area contributed by atoms with Crippen LogP contribution in [0.5, 0.6) is 0 Å². The molecule has 1 aliphatic rings. The topological polar surface area (TPSA) is 98.5 Å². The van der Waals surface area contributed by atoms with E-state index in [0.29, 0.717) is 16.5 Å². The molecule has 8 heteroatoms. The highest BCUT2D eigenvalue weighted by molar-refractivity contribution is 7.17. The number of carbonyl (C=O) groups excluding carboxylic acids is 2. The second kappa shape index (κ2) is 9.18. The maximum Gasteiger partial charge on any atom is 0.341 e. The molecular formula is C23H28N2O5S. The zero-order valence-corrected chi connectivity index (χ0v) is 19.1. The molecule has 7 nitrogen and oxygen atoms in total. The summed E-state index contributed by atoms with van der Waals surface area (Å²) in [6.45, 7) is 8.68. The molecule has 3 rings (SSSR count). The number of amides is 1. The van der Waals surface area contributed by atoms with Gasteiger partial charge in [0, 0.05) is 10.9 Å². The molecule has 1 aliphatic carbocycles. The highest BCUT2D eigenvalue weighted by Gasteiger charge is 2.36. The van der Waals surface area contributed by atoms with E-state index in [0.717, 1.165) is 36.1 Å². The molecule has 0 spiro atoms. The van der Waals surface area contributed by atoms with Gasteiger partial charge in [0.1, 0.15) is 10.6 Å². The number of nitro groups is 1. The number of anilines is 1. The average Bonchev–Trinajstić information content (AvgIpc) is 3.10. The molecule has 1 atom stereocenters. The minimum Gasteiger partial charge on any atom is -0.462 e. The molecule has 31 heavy (non-hydrogen) atoms. The van der Waals surface area contributed by atoms with E-state index in [-0.39, 0.29) is 23.3 Å². The first-order valence-electron chi connectivity index (χ1n) is 10.6. The summed E-state index contributed by atoms with van der Waals surface area (Å²) in [5.41, 5.74) is 1.19. The quantitative estimate of drug-likeness (QED) is 0.339. The van der Waals surface area contributed by atoms with Gasteiger partial charge in [-0.1, -0.05) is 39.3 Å². The fraction of sp³-hybridized carbons (Fsp3) is 0.478. The van der Waals surface area contributed by atoms with Crippen LogP contribution < -0.4 is 5.32 Å². The van der Waals surface area contributed by atoms with E-state index >= 15 is 0 Å². The largest absolute Gasteiger partial charge is 0.462 e. The van der Waals surface area contributed by atoms with E-state index in [2.05, 4.69) is 26.1 Å². The first-order valence-corrected chi connectivity index (χ1v) is 11.4. The Morgan fingerprint density at radius 1 is 1.29 bits per heavy atom. The van der Waals surface area contributed by atoms with Crippen LogP contribution >= 0.6 is 11.3 Å². The number of hydrogen-bond donors (Lipinski definition) is 1. The summed E-state index contributed by atoms with van der Waals surface area (Å²) in [6.07, 6.45) is 3.61.